The minimum absolute atomic E-state index is 0.111. The molecule has 0 spiro atoms. The molecule has 0 saturated heterocycles. The zero-order chi connectivity index (χ0) is 15.3. The van der Waals surface area contributed by atoms with E-state index in [0.29, 0.717) is 6.42 Å². The second kappa shape index (κ2) is 7.41. The number of carbonyl (C=O) groups excluding carboxylic acids is 1. The summed E-state index contributed by atoms with van der Waals surface area (Å²) in [6.45, 7) is 9.11. The van der Waals surface area contributed by atoms with Gasteiger partial charge >= 0.3 is 12.1 Å². The molecule has 19 heavy (non-hydrogen) atoms. The number of halogens is 3. The molecule has 2 nitrogen and oxygen atoms in total. The molecule has 0 aromatic heterocycles. The Bertz CT molecular complexity index is 283. The van der Waals surface area contributed by atoms with Crippen molar-refractivity contribution in [3.8, 4) is 0 Å². The summed E-state index contributed by atoms with van der Waals surface area (Å²) in [5.41, 5.74) is -0.614. The van der Waals surface area contributed by atoms with Crippen LogP contribution >= 0.6 is 11.8 Å². The standard InChI is InChI=1S/C13H23F3O2S/c1-9(2)8-10(11(17)18-12(3,4)5)19-7-6-13(14,15)16/h9-10H,6-8H2,1-5H3. The lowest BCUT2D eigenvalue weighted by atomic mass is 10.1. The van der Waals surface area contributed by atoms with E-state index in [0.717, 1.165) is 11.8 Å². The fourth-order valence-corrected chi connectivity index (χ4v) is 2.68. The minimum Gasteiger partial charge on any atom is -0.459 e. The molecule has 0 aromatic rings. The van der Waals surface area contributed by atoms with Crippen LogP contribution in [0, 0.1) is 5.92 Å². The van der Waals surface area contributed by atoms with Crippen LogP contribution in [-0.2, 0) is 9.53 Å². The van der Waals surface area contributed by atoms with E-state index < -0.39 is 29.4 Å². The molecule has 0 saturated carbocycles. The first-order valence-corrected chi connectivity index (χ1v) is 7.37. The number of alkyl halides is 3. The van der Waals surface area contributed by atoms with Gasteiger partial charge in [-0.25, -0.2) is 0 Å². The summed E-state index contributed by atoms with van der Waals surface area (Å²) in [7, 11) is 0. The Kier molecular flexibility index (Phi) is 7.26. The Morgan fingerprint density at radius 2 is 1.74 bits per heavy atom. The fraction of sp³-hybridized carbons (Fsp3) is 0.923. The molecule has 0 radical (unpaired) electrons. The minimum atomic E-state index is -4.18. The summed E-state index contributed by atoms with van der Waals surface area (Å²) in [6, 6.07) is 0. The molecule has 1 unspecified atom stereocenters. The van der Waals surface area contributed by atoms with Crippen molar-refractivity contribution in [2.24, 2.45) is 5.92 Å². The van der Waals surface area contributed by atoms with Crippen LogP contribution in [0.4, 0.5) is 13.2 Å². The van der Waals surface area contributed by atoms with Crippen molar-refractivity contribution in [1.82, 2.24) is 0 Å². The van der Waals surface area contributed by atoms with Crippen LogP contribution in [0.25, 0.3) is 0 Å². The van der Waals surface area contributed by atoms with Crippen LogP contribution in [0.3, 0.4) is 0 Å². The topological polar surface area (TPSA) is 26.3 Å². The summed E-state index contributed by atoms with van der Waals surface area (Å²) in [5, 5.41) is -0.526. The number of ether oxygens (including phenoxy) is 1. The van der Waals surface area contributed by atoms with Gasteiger partial charge in [-0.1, -0.05) is 13.8 Å². The van der Waals surface area contributed by atoms with Crippen LogP contribution < -0.4 is 0 Å². The first-order valence-electron chi connectivity index (χ1n) is 6.32. The van der Waals surface area contributed by atoms with Gasteiger partial charge in [-0.2, -0.15) is 13.2 Å². The molecule has 0 bridgehead atoms. The first kappa shape index (κ1) is 18.6. The van der Waals surface area contributed by atoms with Gasteiger partial charge in [-0.05, 0) is 33.1 Å². The highest BCUT2D eigenvalue weighted by atomic mass is 32.2. The molecule has 0 aliphatic heterocycles. The third-order valence-electron chi connectivity index (χ3n) is 2.06. The fourth-order valence-electron chi connectivity index (χ4n) is 1.34. The van der Waals surface area contributed by atoms with Crippen LogP contribution in [0.15, 0.2) is 0 Å². The lowest BCUT2D eigenvalue weighted by Gasteiger charge is -2.24. The first-order chi connectivity index (χ1) is 8.41. The molecule has 0 aliphatic rings. The summed E-state index contributed by atoms with van der Waals surface area (Å²) < 4.78 is 41.6. The van der Waals surface area contributed by atoms with E-state index in [1.165, 1.54) is 0 Å². The quantitative estimate of drug-likeness (QED) is 0.679. The van der Waals surface area contributed by atoms with Crippen molar-refractivity contribution in [2.45, 2.75) is 64.5 Å². The van der Waals surface area contributed by atoms with E-state index in [1.807, 2.05) is 13.8 Å². The maximum Gasteiger partial charge on any atom is 0.389 e. The average Bonchev–Trinajstić information content (AvgIpc) is 2.10. The van der Waals surface area contributed by atoms with E-state index >= 15 is 0 Å². The van der Waals surface area contributed by atoms with E-state index in [9.17, 15) is 18.0 Å². The second-order valence-corrected chi connectivity index (χ2v) is 7.20. The second-order valence-electron chi connectivity index (χ2n) is 5.89. The SMILES string of the molecule is CC(C)CC(SCCC(F)(F)F)C(=O)OC(C)(C)C. The smallest absolute Gasteiger partial charge is 0.389 e. The predicted molar refractivity (Wildman–Crippen MR) is 72.2 cm³/mol. The third kappa shape index (κ3) is 11.2. The summed E-state index contributed by atoms with van der Waals surface area (Å²) in [4.78, 5) is 11.9. The zero-order valence-corrected chi connectivity index (χ0v) is 13.0. The molecule has 114 valence electrons. The van der Waals surface area contributed by atoms with Crippen LogP contribution in [0.5, 0.6) is 0 Å². The maximum atomic E-state index is 12.1. The zero-order valence-electron chi connectivity index (χ0n) is 12.1. The molecule has 0 fully saturated rings. The van der Waals surface area contributed by atoms with Crippen molar-refractivity contribution in [3.63, 3.8) is 0 Å². The number of carbonyl (C=O) groups is 1. The van der Waals surface area contributed by atoms with Crippen molar-refractivity contribution in [1.29, 1.82) is 0 Å². The van der Waals surface area contributed by atoms with Gasteiger partial charge in [0.05, 0.1) is 6.42 Å². The van der Waals surface area contributed by atoms with Gasteiger partial charge in [0.2, 0.25) is 0 Å². The maximum absolute atomic E-state index is 12.1. The van der Waals surface area contributed by atoms with Crippen molar-refractivity contribution < 1.29 is 22.7 Å². The monoisotopic (exact) mass is 300 g/mol. The normalized spacial score (nSPS) is 14.6. The van der Waals surface area contributed by atoms with E-state index in [-0.39, 0.29) is 11.7 Å². The highest BCUT2D eigenvalue weighted by Crippen LogP contribution is 2.28. The molecular formula is C13H23F3O2S. The highest BCUT2D eigenvalue weighted by molar-refractivity contribution is 8.00. The van der Waals surface area contributed by atoms with E-state index in [2.05, 4.69) is 0 Å². The Morgan fingerprint density at radius 3 is 2.11 bits per heavy atom. The number of esters is 1. The van der Waals surface area contributed by atoms with Gasteiger partial charge in [0.25, 0.3) is 0 Å². The molecule has 1 atom stereocenters. The molecule has 0 heterocycles. The Labute approximate surface area is 117 Å². The molecule has 6 heteroatoms. The summed E-state index contributed by atoms with van der Waals surface area (Å²) >= 11 is 1.03. The van der Waals surface area contributed by atoms with Crippen molar-refractivity contribution in [2.75, 3.05) is 5.75 Å². The Morgan fingerprint density at radius 1 is 1.21 bits per heavy atom. The van der Waals surface area contributed by atoms with Gasteiger partial charge in [0, 0.05) is 5.75 Å². The molecule has 0 aliphatic carbocycles. The van der Waals surface area contributed by atoms with Crippen LogP contribution in [-0.4, -0.2) is 28.7 Å². The molecule has 0 amide bonds. The lowest BCUT2D eigenvalue weighted by Crippen LogP contribution is -2.31. The number of rotatable bonds is 6. The Hall–Kier alpha value is -0.390. The molecule has 0 rings (SSSR count). The average molecular weight is 300 g/mol. The van der Waals surface area contributed by atoms with Crippen molar-refractivity contribution in [3.05, 3.63) is 0 Å². The number of thioether (sulfide) groups is 1. The van der Waals surface area contributed by atoms with Crippen molar-refractivity contribution >= 4 is 17.7 Å². The Balaban J connectivity index is 4.42. The van der Waals surface area contributed by atoms with Crippen LogP contribution in [0.1, 0.15) is 47.5 Å². The number of hydrogen-bond donors (Lipinski definition) is 0. The van der Waals surface area contributed by atoms with Crippen LogP contribution in [0.2, 0.25) is 0 Å². The number of hydrogen-bond acceptors (Lipinski definition) is 3. The van der Waals surface area contributed by atoms with Gasteiger partial charge in [-0.15, -0.1) is 11.8 Å². The van der Waals surface area contributed by atoms with Gasteiger partial charge in [0.1, 0.15) is 10.9 Å². The largest absolute Gasteiger partial charge is 0.459 e. The lowest BCUT2D eigenvalue weighted by molar-refractivity contribution is -0.154. The van der Waals surface area contributed by atoms with Gasteiger partial charge in [-0.3, -0.25) is 4.79 Å². The molecular weight excluding hydrogens is 277 g/mol. The third-order valence-corrected chi connectivity index (χ3v) is 3.29. The van der Waals surface area contributed by atoms with E-state index in [1.54, 1.807) is 20.8 Å². The van der Waals surface area contributed by atoms with E-state index in [4.69, 9.17) is 4.74 Å². The summed E-state index contributed by atoms with van der Waals surface area (Å²) in [5.74, 6) is -0.301. The van der Waals surface area contributed by atoms with Gasteiger partial charge < -0.3 is 4.74 Å². The highest BCUT2D eigenvalue weighted by Gasteiger charge is 2.30. The summed E-state index contributed by atoms with van der Waals surface area (Å²) in [6.07, 6.45) is -4.53. The molecule has 0 aromatic carbocycles. The molecule has 0 N–H and O–H groups in total. The van der Waals surface area contributed by atoms with Gasteiger partial charge in [0.15, 0.2) is 0 Å². The predicted octanol–water partition coefficient (Wildman–Crippen LogP) is 4.43.